The van der Waals surface area contributed by atoms with Crippen molar-refractivity contribution in [3.05, 3.63) is 90.8 Å². The fourth-order valence-corrected chi connectivity index (χ4v) is 3.45. The molecule has 0 fully saturated rings. The summed E-state index contributed by atoms with van der Waals surface area (Å²) in [5, 5.41) is 20.0. The topological polar surface area (TPSA) is 90.9 Å². The molecule has 2 aromatic heterocycles. The number of aromatic nitrogens is 6. The van der Waals surface area contributed by atoms with E-state index < -0.39 is 17.2 Å². The fraction of sp³-hybridized carbons (Fsp3) is 0.217. The highest BCUT2D eigenvalue weighted by atomic mass is 19.1. The van der Waals surface area contributed by atoms with Crippen molar-refractivity contribution in [2.24, 2.45) is 0 Å². The van der Waals surface area contributed by atoms with Crippen molar-refractivity contribution in [3.63, 3.8) is 0 Å². The van der Waals surface area contributed by atoms with E-state index in [4.69, 9.17) is 4.74 Å². The Bertz CT molecular complexity index is 1240. The van der Waals surface area contributed by atoms with Crippen LogP contribution in [0.25, 0.3) is 17.0 Å². The summed E-state index contributed by atoms with van der Waals surface area (Å²) in [5.74, 6) is -1.13. The number of benzene rings is 2. The van der Waals surface area contributed by atoms with Gasteiger partial charge in [0, 0.05) is 23.8 Å². The first kappa shape index (κ1) is 22.4. The first-order chi connectivity index (χ1) is 15.9. The molecule has 0 saturated carbocycles. The van der Waals surface area contributed by atoms with Gasteiger partial charge in [-0.15, -0.1) is 5.10 Å². The van der Waals surface area contributed by atoms with E-state index in [0.717, 1.165) is 17.7 Å². The number of halogens is 2. The number of ether oxygens (including phenoxy) is 1. The Morgan fingerprint density at radius 2 is 1.91 bits per heavy atom. The molecule has 8 nitrogen and oxygen atoms in total. The third kappa shape index (κ3) is 4.71. The van der Waals surface area contributed by atoms with Crippen LogP contribution in [0.1, 0.15) is 18.1 Å². The summed E-state index contributed by atoms with van der Waals surface area (Å²) in [7, 11) is 0. The van der Waals surface area contributed by atoms with Gasteiger partial charge in [-0.25, -0.2) is 28.1 Å². The molecule has 0 amide bonds. The molecule has 10 heteroatoms. The van der Waals surface area contributed by atoms with Crippen molar-refractivity contribution in [2.45, 2.75) is 25.8 Å². The van der Waals surface area contributed by atoms with Gasteiger partial charge in [0.15, 0.2) is 5.82 Å². The van der Waals surface area contributed by atoms with Crippen LogP contribution in [0.15, 0.2) is 68.0 Å². The summed E-state index contributed by atoms with van der Waals surface area (Å²) < 4.78 is 36.5. The SMILES string of the molecule is C=C(c1ccc(-c2ncn(COCC)n2)cc1)C(O)(Cn1cncn1)c1ccc(F)cc1F. The molecule has 0 aliphatic rings. The van der Waals surface area contributed by atoms with Crippen LogP contribution in [0, 0.1) is 11.6 Å². The summed E-state index contributed by atoms with van der Waals surface area (Å²) >= 11 is 0. The van der Waals surface area contributed by atoms with Gasteiger partial charge in [-0.05, 0) is 30.2 Å². The zero-order valence-electron chi connectivity index (χ0n) is 17.9. The molecular weight excluding hydrogens is 430 g/mol. The minimum Gasteiger partial charge on any atom is -0.378 e. The van der Waals surface area contributed by atoms with E-state index >= 15 is 0 Å². The van der Waals surface area contributed by atoms with Gasteiger partial charge < -0.3 is 9.84 Å². The number of hydrogen-bond donors (Lipinski definition) is 1. The van der Waals surface area contributed by atoms with Crippen molar-refractivity contribution in [1.82, 2.24) is 29.5 Å². The van der Waals surface area contributed by atoms with Gasteiger partial charge in [-0.3, -0.25) is 0 Å². The van der Waals surface area contributed by atoms with Crippen molar-refractivity contribution >= 4 is 5.57 Å². The average molecular weight is 452 g/mol. The van der Waals surface area contributed by atoms with Crippen LogP contribution in [0.3, 0.4) is 0 Å². The van der Waals surface area contributed by atoms with E-state index in [2.05, 4.69) is 26.7 Å². The number of hydrogen-bond acceptors (Lipinski definition) is 6. The molecule has 170 valence electrons. The standard InChI is InChI=1S/C23H22F2N6O2/c1-3-33-15-31-14-27-22(29-31)18-6-4-17(5-7-18)16(2)23(32,11-30-13-26-12-28-30)20-9-8-19(24)10-21(20)25/h4-10,12-14,32H,2-3,11,15H2,1H3. The van der Waals surface area contributed by atoms with Crippen molar-refractivity contribution in [1.29, 1.82) is 0 Å². The molecule has 1 atom stereocenters. The Morgan fingerprint density at radius 3 is 2.58 bits per heavy atom. The molecule has 33 heavy (non-hydrogen) atoms. The second kappa shape index (κ2) is 9.39. The van der Waals surface area contributed by atoms with E-state index in [1.807, 2.05) is 6.92 Å². The zero-order chi connectivity index (χ0) is 23.4. The molecule has 0 bridgehead atoms. The first-order valence-corrected chi connectivity index (χ1v) is 10.2. The monoisotopic (exact) mass is 452 g/mol. The molecule has 4 rings (SSSR count). The molecule has 0 spiro atoms. The third-order valence-corrected chi connectivity index (χ3v) is 5.19. The van der Waals surface area contributed by atoms with E-state index in [1.54, 1.807) is 35.3 Å². The number of rotatable bonds is 9. The Hall–Kier alpha value is -3.76. The highest BCUT2D eigenvalue weighted by molar-refractivity contribution is 5.73. The lowest BCUT2D eigenvalue weighted by molar-refractivity contribution is 0.0726. The summed E-state index contributed by atoms with van der Waals surface area (Å²) in [6, 6.07) is 10.0. The quantitative estimate of drug-likeness (QED) is 0.419. The number of aliphatic hydroxyl groups is 1. The van der Waals surface area contributed by atoms with Crippen molar-refractivity contribution < 1.29 is 18.6 Å². The maximum Gasteiger partial charge on any atom is 0.181 e. The van der Waals surface area contributed by atoms with Gasteiger partial charge in [-0.2, -0.15) is 5.10 Å². The number of nitrogens with zero attached hydrogens (tertiary/aromatic N) is 6. The molecule has 0 saturated heterocycles. The van der Waals surface area contributed by atoms with Crippen LogP contribution < -0.4 is 0 Å². The van der Waals surface area contributed by atoms with Gasteiger partial charge in [0.05, 0.1) is 6.54 Å². The molecule has 1 unspecified atom stereocenters. The lowest BCUT2D eigenvalue weighted by atomic mass is 9.82. The second-order valence-corrected chi connectivity index (χ2v) is 7.36. The summed E-state index contributed by atoms with van der Waals surface area (Å²) in [6.45, 7) is 6.63. The minimum atomic E-state index is -1.91. The molecule has 0 aliphatic carbocycles. The Balaban J connectivity index is 1.65. The van der Waals surface area contributed by atoms with Crippen LogP contribution in [0.2, 0.25) is 0 Å². The highest BCUT2D eigenvalue weighted by Gasteiger charge is 2.37. The lowest BCUT2D eigenvalue weighted by Gasteiger charge is -2.31. The minimum absolute atomic E-state index is 0.121. The summed E-state index contributed by atoms with van der Waals surface area (Å²) in [4.78, 5) is 8.14. The predicted octanol–water partition coefficient (Wildman–Crippen LogP) is 3.41. The van der Waals surface area contributed by atoms with Crippen molar-refractivity contribution in [2.75, 3.05) is 6.61 Å². The Morgan fingerprint density at radius 1 is 1.12 bits per heavy atom. The van der Waals surface area contributed by atoms with E-state index in [0.29, 0.717) is 24.7 Å². The van der Waals surface area contributed by atoms with Crippen LogP contribution in [0.4, 0.5) is 8.78 Å². The van der Waals surface area contributed by atoms with Crippen LogP contribution in [-0.4, -0.2) is 41.2 Å². The van der Waals surface area contributed by atoms with Gasteiger partial charge in [-0.1, -0.05) is 30.8 Å². The zero-order valence-corrected chi connectivity index (χ0v) is 17.9. The largest absolute Gasteiger partial charge is 0.378 e. The average Bonchev–Trinajstić information content (AvgIpc) is 3.49. The molecule has 2 heterocycles. The lowest BCUT2D eigenvalue weighted by Crippen LogP contribution is -2.34. The third-order valence-electron chi connectivity index (χ3n) is 5.19. The molecule has 2 aromatic carbocycles. The molecular formula is C23H22F2N6O2. The Kier molecular flexibility index (Phi) is 6.38. The summed E-state index contributed by atoms with van der Waals surface area (Å²) in [6.07, 6.45) is 4.27. The maximum absolute atomic E-state index is 14.7. The Labute approximate surface area is 188 Å². The van der Waals surface area contributed by atoms with Crippen LogP contribution in [0.5, 0.6) is 0 Å². The molecule has 0 radical (unpaired) electrons. The maximum atomic E-state index is 14.7. The van der Waals surface area contributed by atoms with Gasteiger partial charge in [0.2, 0.25) is 0 Å². The second-order valence-electron chi connectivity index (χ2n) is 7.36. The molecule has 0 aliphatic heterocycles. The molecule has 4 aromatic rings. The fourth-order valence-electron chi connectivity index (χ4n) is 3.45. The van der Waals surface area contributed by atoms with E-state index in [9.17, 15) is 13.9 Å². The highest BCUT2D eigenvalue weighted by Crippen LogP contribution is 2.38. The van der Waals surface area contributed by atoms with E-state index in [1.165, 1.54) is 23.4 Å². The van der Waals surface area contributed by atoms with Gasteiger partial charge in [0.25, 0.3) is 0 Å². The van der Waals surface area contributed by atoms with Gasteiger partial charge >= 0.3 is 0 Å². The predicted molar refractivity (Wildman–Crippen MR) is 116 cm³/mol. The van der Waals surface area contributed by atoms with Crippen LogP contribution in [-0.2, 0) is 23.6 Å². The molecule has 1 N–H and O–H groups in total. The van der Waals surface area contributed by atoms with Crippen LogP contribution >= 0.6 is 0 Å². The summed E-state index contributed by atoms with van der Waals surface area (Å²) in [5.41, 5.74) is -0.521. The smallest absolute Gasteiger partial charge is 0.181 e. The van der Waals surface area contributed by atoms with E-state index in [-0.39, 0.29) is 17.7 Å². The van der Waals surface area contributed by atoms with Gasteiger partial charge in [0.1, 0.15) is 42.9 Å². The first-order valence-electron chi connectivity index (χ1n) is 10.2. The van der Waals surface area contributed by atoms with Crippen molar-refractivity contribution in [3.8, 4) is 11.4 Å². The normalized spacial score (nSPS) is 13.1.